The van der Waals surface area contributed by atoms with Gasteiger partial charge in [0.25, 0.3) is 5.91 Å². The van der Waals surface area contributed by atoms with Gasteiger partial charge in [0.2, 0.25) is 0 Å². The van der Waals surface area contributed by atoms with Crippen LogP contribution in [0, 0.1) is 6.92 Å². The molecule has 138 valence electrons. The van der Waals surface area contributed by atoms with Gasteiger partial charge in [-0.3, -0.25) is 9.48 Å². The van der Waals surface area contributed by atoms with Crippen LogP contribution in [-0.4, -0.2) is 27.1 Å². The molecule has 0 aliphatic rings. The number of carbonyl (C=O) groups is 1. The normalized spacial score (nSPS) is 11.2. The minimum absolute atomic E-state index is 0.0951. The van der Waals surface area contributed by atoms with Gasteiger partial charge in [0.05, 0.1) is 23.7 Å². The van der Waals surface area contributed by atoms with Crippen molar-refractivity contribution >= 4 is 38.8 Å². The largest absolute Gasteiger partial charge is 0.333 e. The van der Waals surface area contributed by atoms with E-state index in [0.29, 0.717) is 19.6 Å². The maximum absolute atomic E-state index is 13.1. The third kappa shape index (κ3) is 3.68. The van der Waals surface area contributed by atoms with Gasteiger partial charge < -0.3 is 4.90 Å². The molecule has 0 atom stereocenters. The van der Waals surface area contributed by atoms with Crippen molar-refractivity contribution < 1.29 is 4.79 Å². The van der Waals surface area contributed by atoms with Crippen LogP contribution in [0.1, 0.15) is 32.7 Å². The smallest absolute Gasteiger partial charge is 0.264 e. The second-order valence-corrected chi connectivity index (χ2v) is 8.52. The lowest BCUT2D eigenvalue weighted by atomic mass is 10.2. The van der Waals surface area contributed by atoms with Crippen LogP contribution in [0.2, 0.25) is 0 Å². The topological polar surface area (TPSA) is 38.1 Å². The molecule has 0 bridgehead atoms. The van der Waals surface area contributed by atoms with E-state index >= 15 is 0 Å². The summed E-state index contributed by atoms with van der Waals surface area (Å²) in [5.41, 5.74) is 2.17. The lowest BCUT2D eigenvalue weighted by molar-refractivity contribution is 0.0759. The van der Waals surface area contributed by atoms with Crippen LogP contribution in [0.25, 0.3) is 10.2 Å². The predicted molar refractivity (Wildman–Crippen MR) is 113 cm³/mol. The first-order valence-corrected chi connectivity index (χ1v) is 10.7. The number of amides is 1. The fourth-order valence-corrected chi connectivity index (χ4v) is 5.00. The molecule has 0 aliphatic heterocycles. The third-order valence-corrected chi connectivity index (χ3v) is 6.59. The SMILES string of the molecule is CCN(Cc1cccs1)C(=O)c1cc2c(C)nn(Cc3ccccc3)c2s1. The average molecular weight is 396 g/mol. The number of benzene rings is 1. The molecule has 0 unspecified atom stereocenters. The summed E-state index contributed by atoms with van der Waals surface area (Å²) in [6.07, 6.45) is 0. The Kier molecular flexibility index (Phi) is 5.09. The van der Waals surface area contributed by atoms with Crippen LogP contribution in [0.4, 0.5) is 0 Å². The molecule has 0 spiro atoms. The van der Waals surface area contributed by atoms with E-state index in [1.807, 2.05) is 53.8 Å². The monoisotopic (exact) mass is 395 g/mol. The Morgan fingerprint density at radius 3 is 2.70 bits per heavy atom. The van der Waals surface area contributed by atoms with Crippen molar-refractivity contribution in [3.05, 3.63) is 74.9 Å². The Morgan fingerprint density at radius 2 is 2.00 bits per heavy atom. The quantitative estimate of drug-likeness (QED) is 0.451. The molecule has 4 nitrogen and oxygen atoms in total. The first-order chi connectivity index (χ1) is 13.2. The minimum Gasteiger partial charge on any atom is -0.333 e. The Bertz CT molecular complexity index is 1050. The highest BCUT2D eigenvalue weighted by molar-refractivity contribution is 7.20. The zero-order chi connectivity index (χ0) is 18.8. The summed E-state index contributed by atoms with van der Waals surface area (Å²) >= 11 is 3.23. The number of hydrogen-bond donors (Lipinski definition) is 0. The number of rotatable bonds is 6. The van der Waals surface area contributed by atoms with Gasteiger partial charge in [-0.25, -0.2) is 0 Å². The number of carbonyl (C=O) groups excluding carboxylic acids is 1. The van der Waals surface area contributed by atoms with E-state index in [1.165, 1.54) is 10.4 Å². The van der Waals surface area contributed by atoms with Gasteiger partial charge in [-0.1, -0.05) is 36.4 Å². The highest BCUT2D eigenvalue weighted by atomic mass is 32.1. The van der Waals surface area contributed by atoms with Crippen molar-refractivity contribution in [2.45, 2.75) is 26.9 Å². The molecule has 3 aromatic heterocycles. The Hall–Kier alpha value is -2.44. The standard InChI is InChI=1S/C21H21N3OS2/c1-3-23(14-17-10-7-11-26-17)20(25)19-12-18-15(2)22-24(21(18)27-19)13-16-8-5-4-6-9-16/h4-12H,3,13-14H2,1-2H3. The first kappa shape index (κ1) is 17.9. The van der Waals surface area contributed by atoms with E-state index in [2.05, 4.69) is 28.7 Å². The molecule has 3 heterocycles. The van der Waals surface area contributed by atoms with E-state index in [0.717, 1.165) is 20.8 Å². The highest BCUT2D eigenvalue weighted by Gasteiger charge is 2.20. The third-order valence-electron chi connectivity index (χ3n) is 4.59. The molecule has 0 N–H and O–H groups in total. The second kappa shape index (κ2) is 7.66. The van der Waals surface area contributed by atoms with E-state index in [9.17, 15) is 4.79 Å². The van der Waals surface area contributed by atoms with Crippen LogP contribution in [0.5, 0.6) is 0 Å². The van der Waals surface area contributed by atoms with Crippen molar-refractivity contribution in [2.75, 3.05) is 6.54 Å². The zero-order valence-electron chi connectivity index (χ0n) is 15.4. The van der Waals surface area contributed by atoms with Crippen LogP contribution < -0.4 is 0 Å². The fourth-order valence-electron chi connectivity index (χ4n) is 3.16. The van der Waals surface area contributed by atoms with E-state index in [1.54, 1.807) is 22.7 Å². The van der Waals surface area contributed by atoms with Crippen LogP contribution >= 0.6 is 22.7 Å². The van der Waals surface area contributed by atoms with Gasteiger partial charge in [-0.15, -0.1) is 22.7 Å². The number of aryl methyl sites for hydroxylation is 1. The number of nitrogens with zero attached hydrogens (tertiary/aromatic N) is 3. The molecular weight excluding hydrogens is 374 g/mol. The van der Waals surface area contributed by atoms with Crippen molar-refractivity contribution in [1.82, 2.24) is 14.7 Å². The van der Waals surface area contributed by atoms with Crippen LogP contribution in [0.15, 0.2) is 53.9 Å². The minimum atomic E-state index is 0.0951. The number of fused-ring (bicyclic) bond motifs is 1. The maximum Gasteiger partial charge on any atom is 0.264 e. The summed E-state index contributed by atoms with van der Waals surface area (Å²) in [5.74, 6) is 0.0951. The Morgan fingerprint density at radius 1 is 1.19 bits per heavy atom. The maximum atomic E-state index is 13.1. The Balaban J connectivity index is 1.62. The van der Waals surface area contributed by atoms with Gasteiger partial charge >= 0.3 is 0 Å². The van der Waals surface area contributed by atoms with Crippen molar-refractivity contribution in [1.29, 1.82) is 0 Å². The average Bonchev–Trinajstić information content (AvgIpc) is 3.40. The summed E-state index contributed by atoms with van der Waals surface area (Å²) in [5, 5.41) is 7.80. The van der Waals surface area contributed by atoms with Gasteiger partial charge in [0, 0.05) is 16.8 Å². The molecule has 1 amide bonds. The van der Waals surface area contributed by atoms with E-state index in [4.69, 9.17) is 0 Å². The van der Waals surface area contributed by atoms with Crippen molar-refractivity contribution in [2.24, 2.45) is 0 Å². The molecular formula is C21H21N3OS2. The lowest BCUT2D eigenvalue weighted by Gasteiger charge is -2.19. The first-order valence-electron chi connectivity index (χ1n) is 8.98. The molecule has 1 aromatic carbocycles. The predicted octanol–water partition coefficient (Wildman–Crippen LogP) is 5.18. The zero-order valence-corrected chi connectivity index (χ0v) is 17.0. The molecule has 0 saturated carbocycles. The number of thiophene rings is 2. The summed E-state index contributed by atoms with van der Waals surface area (Å²) in [4.78, 5) is 18.0. The Labute approximate surface area is 166 Å². The summed E-state index contributed by atoms with van der Waals surface area (Å²) in [6, 6.07) is 16.4. The lowest BCUT2D eigenvalue weighted by Crippen LogP contribution is -2.29. The van der Waals surface area contributed by atoms with Crippen molar-refractivity contribution in [3.8, 4) is 0 Å². The van der Waals surface area contributed by atoms with Crippen LogP contribution in [0.3, 0.4) is 0 Å². The summed E-state index contributed by atoms with van der Waals surface area (Å²) < 4.78 is 2.01. The van der Waals surface area contributed by atoms with Gasteiger partial charge in [0.1, 0.15) is 4.83 Å². The molecule has 4 rings (SSSR count). The fraction of sp³-hybridized carbons (Fsp3) is 0.238. The number of hydrogen-bond acceptors (Lipinski definition) is 4. The molecule has 0 fully saturated rings. The van der Waals surface area contributed by atoms with Gasteiger partial charge in [-0.05, 0) is 36.9 Å². The molecule has 0 radical (unpaired) electrons. The van der Waals surface area contributed by atoms with Gasteiger partial charge in [0.15, 0.2) is 0 Å². The molecule has 4 aromatic rings. The molecule has 0 aliphatic carbocycles. The summed E-state index contributed by atoms with van der Waals surface area (Å²) in [7, 11) is 0. The molecule has 6 heteroatoms. The second-order valence-electron chi connectivity index (χ2n) is 6.46. The van der Waals surface area contributed by atoms with Crippen molar-refractivity contribution in [3.63, 3.8) is 0 Å². The highest BCUT2D eigenvalue weighted by Crippen LogP contribution is 2.30. The summed E-state index contributed by atoms with van der Waals surface area (Å²) in [6.45, 7) is 6.11. The number of aromatic nitrogens is 2. The molecule has 27 heavy (non-hydrogen) atoms. The van der Waals surface area contributed by atoms with E-state index in [-0.39, 0.29) is 5.91 Å². The van der Waals surface area contributed by atoms with Gasteiger partial charge in [-0.2, -0.15) is 5.10 Å². The van der Waals surface area contributed by atoms with E-state index < -0.39 is 0 Å². The molecule has 0 saturated heterocycles. The van der Waals surface area contributed by atoms with Crippen LogP contribution in [-0.2, 0) is 13.1 Å².